The Morgan fingerprint density at radius 3 is 2.58 bits per heavy atom. The molecule has 0 radical (unpaired) electrons. The van der Waals surface area contributed by atoms with Gasteiger partial charge in [-0.3, -0.25) is 0 Å². The van der Waals surface area contributed by atoms with Crippen LogP contribution in [0.3, 0.4) is 0 Å². The van der Waals surface area contributed by atoms with E-state index in [1.807, 2.05) is 17.8 Å². The van der Waals surface area contributed by atoms with Crippen molar-refractivity contribution in [3.05, 3.63) is 58.6 Å². The summed E-state index contributed by atoms with van der Waals surface area (Å²) in [7, 11) is 0. The number of nitrogens with zero attached hydrogens (tertiary/aromatic N) is 2. The topological polar surface area (TPSA) is 6.48 Å². The first-order valence-electron chi connectivity index (χ1n) is 8.76. The van der Waals surface area contributed by atoms with Gasteiger partial charge in [0.1, 0.15) is 0 Å². The van der Waals surface area contributed by atoms with E-state index in [1.165, 1.54) is 47.6 Å². The van der Waals surface area contributed by atoms with Gasteiger partial charge in [0.2, 0.25) is 0 Å². The summed E-state index contributed by atoms with van der Waals surface area (Å²) in [5, 5.41) is 0.828. The van der Waals surface area contributed by atoms with E-state index in [9.17, 15) is 0 Å². The average molecular weight is 359 g/mol. The zero-order valence-corrected chi connectivity index (χ0v) is 15.5. The van der Waals surface area contributed by atoms with Crippen LogP contribution in [0.25, 0.3) is 0 Å². The molecule has 2 aliphatic rings. The van der Waals surface area contributed by atoms with Crippen molar-refractivity contribution in [2.24, 2.45) is 0 Å². The quantitative estimate of drug-likeness (QED) is 0.758. The molecule has 0 bridgehead atoms. The zero-order valence-electron chi connectivity index (χ0n) is 13.9. The Balaban J connectivity index is 1.63. The van der Waals surface area contributed by atoms with Crippen molar-refractivity contribution in [3.8, 4) is 0 Å². The minimum Gasteiger partial charge on any atom is -0.365 e. The molecule has 0 amide bonds. The smallest absolute Gasteiger partial charge is 0.0522 e. The third-order valence-electron chi connectivity index (χ3n) is 5.01. The number of anilines is 1. The van der Waals surface area contributed by atoms with Crippen LogP contribution in [0.1, 0.15) is 24.0 Å². The van der Waals surface area contributed by atoms with Crippen molar-refractivity contribution in [2.75, 3.05) is 31.1 Å². The molecular weight excluding hydrogens is 336 g/mol. The number of likely N-dealkylation sites (tertiary alicyclic amines) is 1. The van der Waals surface area contributed by atoms with Crippen LogP contribution in [-0.4, -0.2) is 31.1 Å². The van der Waals surface area contributed by atoms with E-state index in [0.717, 1.165) is 30.4 Å². The van der Waals surface area contributed by atoms with Crippen molar-refractivity contribution in [1.82, 2.24) is 4.90 Å². The van der Waals surface area contributed by atoms with Crippen molar-refractivity contribution < 1.29 is 0 Å². The predicted octanol–water partition coefficient (Wildman–Crippen LogP) is 5.05. The summed E-state index contributed by atoms with van der Waals surface area (Å²) in [6, 6.07) is 15.2. The molecular formula is C20H23ClN2S. The van der Waals surface area contributed by atoms with Crippen LogP contribution in [-0.2, 0) is 12.3 Å². The lowest BCUT2D eigenvalue weighted by atomic mass is 10.1. The Hall–Kier alpha value is -1.16. The van der Waals surface area contributed by atoms with E-state index in [-0.39, 0.29) is 0 Å². The summed E-state index contributed by atoms with van der Waals surface area (Å²) in [6.45, 7) is 5.67. The summed E-state index contributed by atoms with van der Waals surface area (Å²) in [5.74, 6) is 1.03. The maximum absolute atomic E-state index is 6.32. The third kappa shape index (κ3) is 3.58. The van der Waals surface area contributed by atoms with Gasteiger partial charge in [0.15, 0.2) is 0 Å². The van der Waals surface area contributed by atoms with Crippen molar-refractivity contribution in [3.63, 3.8) is 0 Å². The largest absolute Gasteiger partial charge is 0.365 e. The second-order valence-electron chi connectivity index (χ2n) is 6.64. The van der Waals surface area contributed by atoms with Crippen LogP contribution < -0.4 is 4.90 Å². The summed E-state index contributed by atoms with van der Waals surface area (Å²) < 4.78 is 0. The average Bonchev–Trinajstić information content (AvgIpc) is 3.10. The van der Waals surface area contributed by atoms with Gasteiger partial charge in [-0.25, -0.2) is 0 Å². The van der Waals surface area contributed by atoms with Crippen molar-refractivity contribution >= 4 is 29.1 Å². The highest BCUT2D eigenvalue weighted by Gasteiger charge is 2.20. The molecule has 24 heavy (non-hydrogen) atoms. The third-order valence-corrected chi connectivity index (χ3v) is 6.36. The Morgan fingerprint density at radius 1 is 0.958 bits per heavy atom. The van der Waals surface area contributed by atoms with Crippen molar-refractivity contribution in [2.45, 2.75) is 30.0 Å². The Labute approximate surface area is 153 Å². The fraction of sp³-hybridized carbons (Fsp3) is 0.400. The van der Waals surface area contributed by atoms with Gasteiger partial charge in [-0.15, -0.1) is 11.8 Å². The van der Waals surface area contributed by atoms with E-state index < -0.39 is 0 Å². The standard InChI is InChI=1S/C20H23ClN2S/c21-18-7-8-20-19(13-18)23(12-11-22-9-3-4-10-22)14-16-5-1-2-6-17(16)15-24-20/h1-2,5-8,13H,3-4,9-12,14-15H2. The minimum atomic E-state index is 0.828. The first kappa shape index (κ1) is 16.3. The maximum atomic E-state index is 6.32. The molecule has 0 saturated carbocycles. The van der Waals surface area contributed by atoms with Crippen LogP contribution in [0.4, 0.5) is 5.69 Å². The van der Waals surface area contributed by atoms with Crippen LogP contribution in [0.5, 0.6) is 0 Å². The zero-order chi connectivity index (χ0) is 16.4. The molecule has 2 aromatic rings. The van der Waals surface area contributed by atoms with Crippen LogP contribution in [0.2, 0.25) is 5.02 Å². The van der Waals surface area contributed by atoms with E-state index in [4.69, 9.17) is 11.6 Å². The molecule has 0 unspecified atom stereocenters. The van der Waals surface area contributed by atoms with Gasteiger partial charge in [0, 0.05) is 35.3 Å². The van der Waals surface area contributed by atoms with Gasteiger partial charge >= 0.3 is 0 Å². The fourth-order valence-electron chi connectivity index (χ4n) is 3.63. The summed E-state index contributed by atoms with van der Waals surface area (Å²) in [6.07, 6.45) is 2.70. The Bertz CT molecular complexity index is 713. The molecule has 2 nitrogen and oxygen atoms in total. The molecule has 0 atom stereocenters. The number of halogens is 1. The van der Waals surface area contributed by atoms with Crippen LogP contribution in [0, 0.1) is 0 Å². The highest BCUT2D eigenvalue weighted by molar-refractivity contribution is 7.98. The number of fused-ring (bicyclic) bond motifs is 2. The van der Waals surface area contributed by atoms with Gasteiger partial charge in [-0.2, -0.15) is 0 Å². The van der Waals surface area contributed by atoms with Gasteiger partial charge < -0.3 is 9.80 Å². The lowest BCUT2D eigenvalue weighted by Crippen LogP contribution is -2.34. The van der Waals surface area contributed by atoms with Crippen LogP contribution in [0.15, 0.2) is 47.4 Å². The SMILES string of the molecule is Clc1ccc2c(c1)N(CCN1CCCC1)Cc1ccccc1CS2. The lowest BCUT2D eigenvalue weighted by Gasteiger charge is -2.31. The molecule has 0 aliphatic carbocycles. The first-order valence-corrected chi connectivity index (χ1v) is 10.1. The van der Waals surface area contributed by atoms with Gasteiger partial charge in [0.25, 0.3) is 0 Å². The molecule has 2 aromatic carbocycles. The Morgan fingerprint density at radius 2 is 1.75 bits per heavy atom. The van der Waals surface area contributed by atoms with Gasteiger partial charge in [-0.1, -0.05) is 35.9 Å². The molecule has 2 heterocycles. The number of hydrogen-bond donors (Lipinski definition) is 0. The van der Waals surface area contributed by atoms with Gasteiger partial charge in [-0.05, 0) is 55.3 Å². The van der Waals surface area contributed by atoms with E-state index in [2.05, 4.69) is 46.2 Å². The van der Waals surface area contributed by atoms with Crippen LogP contribution >= 0.6 is 23.4 Å². The molecule has 0 N–H and O–H groups in total. The fourth-order valence-corrected chi connectivity index (χ4v) is 4.89. The normalized spacial score (nSPS) is 18.0. The first-order chi connectivity index (χ1) is 11.8. The molecule has 4 heteroatoms. The number of rotatable bonds is 3. The minimum absolute atomic E-state index is 0.828. The number of thioether (sulfide) groups is 1. The monoisotopic (exact) mass is 358 g/mol. The van der Waals surface area contributed by atoms with Crippen molar-refractivity contribution in [1.29, 1.82) is 0 Å². The molecule has 4 rings (SSSR count). The molecule has 0 spiro atoms. The lowest BCUT2D eigenvalue weighted by molar-refractivity contribution is 0.344. The van der Waals surface area contributed by atoms with E-state index >= 15 is 0 Å². The highest BCUT2D eigenvalue weighted by Crippen LogP contribution is 2.38. The van der Waals surface area contributed by atoms with Gasteiger partial charge in [0.05, 0.1) is 5.69 Å². The number of benzene rings is 2. The molecule has 126 valence electrons. The predicted molar refractivity (Wildman–Crippen MR) is 104 cm³/mol. The highest BCUT2D eigenvalue weighted by atomic mass is 35.5. The molecule has 1 fully saturated rings. The maximum Gasteiger partial charge on any atom is 0.0522 e. The summed E-state index contributed by atoms with van der Waals surface area (Å²) in [4.78, 5) is 6.45. The molecule has 1 saturated heterocycles. The number of hydrogen-bond acceptors (Lipinski definition) is 3. The molecule has 2 aliphatic heterocycles. The van der Waals surface area contributed by atoms with E-state index in [1.54, 1.807) is 0 Å². The molecule has 0 aromatic heterocycles. The second kappa shape index (κ2) is 7.38. The summed E-state index contributed by atoms with van der Waals surface area (Å²) in [5.41, 5.74) is 4.19. The van der Waals surface area contributed by atoms with E-state index in [0.29, 0.717) is 0 Å². The summed E-state index contributed by atoms with van der Waals surface area (Å²) >= 11 is 8.24. The second-order valence-corrected chi connectivity index (χ2v) is 8.09. The Kier molecular flexibility index (Phi) is 5.02.